The molecule has 0 radical (unpaired) electrons. The molecule has 0 aliphatic rings. The molecule has 0 fully saturated rings. The number of aliphatic hydroxyl groups excluding tert-OH is 1. The van der Waals surface area contributed by atoms with Crippen LogP contribution in [0.1, 0.15) is 0 Å². The van der Waals surface area contributed by atoms with Crippen LogP contribution in [0.5, 0.6) is 0 Å². The van der Waals surface area contributed by atoms with Gasteiger partial charge in [0, 0.05) is 0 Å². The first kappa shape index (κ1) is 15.2. The van der Waals surface area contributed by atoms with Crippen LogP contribution in [-0.4, -0.2) is 27.3 Å². The molecule has 11 heavy (non-hydrogen) atoms. The molecule has 0 aromatic carbocycles. The molecule has 62 valence electrons. The van der Waals surface area contributed by atoms with Gasteiger partial charge in [0.25, 0.3) is 0 Å². The second kappa shape index (κ2) is 4.83. The van der Waals surface area contributed by atoms with Crippen LogP contribution in [0.15, 0.2) is 0 Å². The van der Waals surface area contributed by atoms with E-state index < -0.39 is 19.3 Å². The van der Waals surface area contributed by atoms with Gasteiger partial charge in [-0.2, -0.15) is 0 Å². The van der Waals surface area contributed by atoms with Crippen molar-refractivity contribution in [3.05, 3.63) is 0 Å². The minimum absolute atomic E-state index is 0. The van der Waals surface area contributed by atoms with Crippen LogP contribution < -0.4 is 29.6 Å². The van der Waals surface area contributed by atoms with Gasteiger partial charge in [-0.15, -0.1) is 0 Å². The van der Waals surface area contributed by atoms with E-state index in [0.29, 0.717) is 0 Å². The Morgan fingerprint density at radius 1 is 1.36 bits per heavy atom. The molecule has 0 saturated carbocycles. The van der Waals surface area contributed by atoms with E-state index in [4.69, 9.17) is 39.9 Å². The molecule has 1 unspecified atom stereocenters. The summed E-state index contributed by atoms with van der Waals surface area (Å²) in [6.45, 7) is 0. The van der Waals surface area contributed by atoms with E-state index >= 15 is 0 Å². The zero-order valence-corrected chi connectivity index (χ0v) is 10.4. The van der Waals surface area contributed by atoms with Crippen LogP contribution in [0, 0.1) is 0 Å². The fourth-order valence-corrected chi connectivity index (χ4v) is 1.47. The monoisotopic (exact) mass is 250 g/mol. The molecule has 0 saturated heterocycles. The Morgan fingerprint density at radius 3 is 1.64 bits per heavy atom. The molecule has 4 nitrogen and oxygen atoms in total. The van der Waals surface area contributed by atoms with Gasteiger partial charge in [-0.25, -0.2) is 8.42 Å². The molecule has 0 aliphatic heterocycles. The quantitative estimate of drug-likeness (QED) is 0.311. The van der Waals surface area contributed by atoms with Crippen LogP contribution >= 0.6 is 34.8 Å². The van der Waals surface area contributed by atoms with E-state index in [9.17, 15) is 13.0 Å². The van der Waals surface area contributed by atoms with Gasteiger partial charge in [-0.1, -0.05) is 34.8 Å². The van der Waals surface area contributed by atoms with Crippen LogP contribution in [0.3, 0.4) is 0 Å². The maximum Gasteiger partial charge on any atom is 1.00 e. The average Bonchev–Trinajstić information content (AvgIpc) is 1.59. The molecule has 0 aromatic heterocycles. The number of rotatable bonds is 1. The smallest absolute Gasteiger partial charge is 0.746 e. The number of aliphatic hydroxyl groups is 1. The summed E-state index contributed by atoms with van der Waals surface area (Å²) in [7, 11) is -4.95. The number of halogens is 3. The second-order valence-corrected chi connectivity index (χ2v) is 5.19. The van der Waals surface area contributed by atoms with Crippen LogP contribution in [0.25, 0.3) is 0 Å². The Bertz CT molecular complexity index is 208. The maximum absolute atomic E-state index is 9.92. The van der Waals surface area contributed by atoms with Gasteiger partial charge in [0.05, 0.1) is 0 Å². The van der Waals surface area contributed by atoms with E-state index in [1.807, 2.05) is 0 Å². The van der Waals surface area contributed by atoms with Crippen molar-refractivity contribution in [2.75, 3.05) is 0 Å². The molecular formula is C2H2Cl3NaO4S. The predicted octanol–water partition coefficient (Wildman–Crippen LogP) is -2.78. The Labute approximate surface area is 101 Å². The van der Waals surface area contributed by atoms with Crippen molar-refractivity contribution in [3.8, 4) is 0 Å². The van der Waals surface area contributed by atoms with E-state index in [-0.39, 0.29) is 29.6 Å². The SMILES string of the molecule is O=S(=O)([O-])C(O)C(Cl)(Cl)Cl.[Na+]. The largest absolute Gasteiger partial charge is 1.00 e. The number of hydrogen-bond acceptors (Lipinski definition) is 4. The third-order valence-electron chi connectivity index (χ3n) is 0.553. The van der Waals surface area contributed by atoms with Crippen LogP contribution in [0.2, 0.25) is 0 Å². The van der Waals surface area contributed by atoms with Gasteiger partial charge in [0.15, 0.2) is 5.44 Å². The summed E-state index contributed by atoms with van der Waals surface area (Å²) < 4.78 is 27.3. The average molecular weight is 251 g/mol. The van der Waals surface area contributed by atoms with E-state index in [0.717, 1.165) is 0 Å². The molecule has 0 spiro atoms. The first-order valence-electron chi connectivity index (χ1n) is 1.85. The zero-order chi connectivity index (χ0) is 8.58. The zero-order valence-electron chi connectivity index (χ0n) is 5.29. The molecule has 0 amide bonds. The van der Waals surface area contributed by atoms with Gasteiger partial charge >= 0.3 is 29.6 Å². The van der Waals surface area contributed by atoms with Crippen molar-refractivity contribution < 1.29 is 47.6 Å². The minimum atomic E-state index is -4.95. The summed E-state index contributed by atoms with van der Waals surface area (Å²) in [4.78, 5) is 0. The topological polar surface area (TPSA) is 77.4 Å². The standard InChI is InChI=1S/C2H3Cl3O4S.Na/c3-2(4,5)1(6)10(7,8)9;/h1,6H,(H,7,8,9);/q;+1/p-1. The summed E-state index contributed by atoms with van der Waals surface area (Å²) in [5.41, 5.74) is -2.52. The summed E-state index contributed by atoms with van der Waals surface area (Å²) in [6, 6.07) is 0. The fraction of sp³-hybridized carbons (Fsp3) is 1.00. The first-order chi connectivity index (χ1) is 4.15. The third-order valence-corrected chi connectivity index (χ3v) is 2.46. The van der Waals surface area contributed by atoms with Crippen LogP contribution in [0.4, 0.5) is 0 Å². The number of hydrogen-bond donors (Lipinski definition) is 1. The Balaban J connectivity index is 0. The summed E-state index contributed by atoms with van der Waals surface area (Å²) in [6.07, 6.45) is 0. The molecule has 0 aliphatic carbocycles. The summed E-state index contributed by atoms with van der Waals surface area (Å²) >= 11 is 14.6. The Kier molecular flexibility index (Phi) is 6.69. The van der Waals surface area contributed by atoms with Gasteiger partial charge < -0.3 is 9.66 Å². The second-order valence-electron chi connectivity index (χ2n) is 1.39. The third kappa shape index (κ3) is 5.90. The molecule has 0 rings (SSSR count). The number of alkyl halides is 3. The van der Waals surface area contributed by atoms with Crippen molar-refractivity contribution >= 4 is 44.9 Å². The molecule has 0 heterocycles. The summed E-state index contributed by atoms with van der Waals surface area (Å²) in [5, 5.41) is 8.43. The molecular weight excluding hydrogens is 249 g/mol. The maximum atomic E-state index is 9.92. The summed E-state index contributed by atoms with van der Waals surface area (Å²) in [5.74, 6) is 0. The molecule has 0 bridgehead atoms. The Morgan fingerprint density at radius 2 is 1.64 bits per heavy atom. The molecule has 9 heteroatoms. The van der Waals surface area contributed by atoms with E-state index in [1.54, 1.807) is 0 Å². The minimum Gasteiger partial charge on any atom is -0.746 e. The van der Waals surface area contributed by atoms with Crippen molar-refractivity contribution in [1.82, 2.24) is 0 Å². The molecule has 1 N–H and O–H groups in total. The van der Waals surface area contributed by atoms with Crippen molar-refractivity contribution in [2.45, 2.75) is 9.23 Å². The Hall–Kier alpha value is 1.74. The van der Waals surface area contributed by atoms with Gasteiger partial charge in [0.2, 0.25) is 3.79 Å². The molecule has 1 atom stereocenters. The van der Waals surface area contributed by atoms with Crippen LogP contribution in [-0.2, 0) is 10.1 Å². The first-order valence-corrected chi connectivity index (χ1v) is 4.45. The molecule has 0 aromatic rings. The van der Waals surface area contributed by atoms with Gasteiger partial charge in [-0.05, 0) is 0 Å². The van der Waals surface area contributed by atoms with E-state index in [1.165, 1.54) is 0 Å². The van der Waals surface area contributed by atoms with Crippen molar-refractivity contribution in [1.29, 1.82) is 0 Å². The van der Waals surface area contributed by atoms with E-state index in [2.05, 4.69) is 0 Å². The van der Waals surface area contributed by atoms with Crippen molar-refractivity contribution in [3.63, 3.8) is 0 Å². The van der Waals surface area contributed by atoms with Gasteiger partial charge in [-0.3, -0.25) is 0 Å². The normalized spacial score (nSPS) is 15.4. The predicted molar refractivity (Wildman–Crippen MR) is 36.0 cm³/mol. The fourth-order valence-electron chi connectivity index (χ4n) is 0.164. The van der Waals surface area contributed by atoms with Crippen molar-refractivity contribution in [2.24, 2.45) is 0 Å². The van der Waals surface area contributed by atoms with Gasteiger partial charge in [0.1, 0.15) is 10.1 Å².